The third-order valence-corrected chi connectivity index (χ3v) is 3.97. The lowest BCUT2D eigenvalue weighted by Crippen LogP contribution is -2.21. The summed E-state index contributed by atoms with van der Waals surface area (Å²) in [6.45, 7) is 0. The minimum Gasteiger partial charge on any atom is -0.240 e. The number of benzene rings is 1. The number of halogens is 3. The molecule has 0 bridgehead atoms. The van der Waals surface area contributed by atoms with Gasteiger partial charge in [0.15, 0.2) is 16.0 Å². The fourth-order valence-corrected chi connectivity index (χ4v) is 2.46. The van der Waals surface area contributed by atoms with Crippen LogP contribution in [0.25, 0.3) is 5.57 Å². The Morgan fingerprint density at radius 2 is 1.78 bits per heavy atom. The Morgan fingerprint density at radius 1 is 1.22 bits per heavy atom. The zero-order valence-corrected chi connectivity index (χ0v) is 10.3. The van der Waals surface area contributed by atoms with Crippen molar-refractivity contribution < 1.29 is 21.6 Å². The van der Waals surface area contributed by atoms with E-state index in [2.05, 4.69) is 0 Å². The highest BCUT2D eigenvalue weighted by Gasteiger charge is 2.43. The molecule has 0 amide bonds. The van der Waals surface area contributed by atoms with Crippen LogP contribution in [0.2, 0.25) is 0 Å². The van der Waals surface area contributed by atoms with Gasteiger partial charge >= 0.3 is 0 Å². The zero-order valence-electron chi connectivity index (χ0n) is 9.53. The third-order valence-electron chi connectivity index (χ3n) is 2.84. The maximum atomic E-state index is 13.0. The maximum Gasteiger partial charge on any atom is 0.297 e. The molecule has 1 unspecified atom stereocenters. The predicted octanol–water partition coefficient (Wildman–Crippen LogP) is 2.85. The number of hydrogen-bond donors (Lipinski definition) is 0. The van der Waals surface area contributed by atoms with E-state index < -0.39 is 21.9 Å². The van der Waals surface area contributed by atoms with Crippen LogP contribution in [0.5, 0.6) is 0 Å². The topological polar surface area (TPSA) is 34.1 Å². The maximum absolute atomic E-state index is 13.0. The lowest BCUT2D eigenvalue weighted by molar-refractivity contribution is -0.0155. The summed E-state index contributed by atoms with van der Waals surface area (Å²) >= 11 is 0. The van der Waals surface area contributed by atoms with E-state index in [-0.39, 0.29) is 16.9 Å². The Labute approximate surface area is 103 Å². The zero-order chi connectivity index (χ0) is 13.6. The van der Waals surface area contributed by atoms with Crippen LogP contribution in [0.3, 0.4) is 0 Å². The molecule has 2 rings (SSSR count). The van der Waals surface area contributed by atoms with Gasteiger partial charge in [0.2, 0.25) is 0 Å². The average Bonchev–Trinajstić information content (AvgIpc) is 2.53. The fraction of sp³-hybridized carbons (Fsp3) is 0.333. The molecule has 0 aliphatic heterocycles. The van der Waals surface area contributed by atoms with Crippen LogP contribution in [-0.4, -0.2) is 26.8 Å². The van der Waals surface area contributed by atoms with Crippen LogP contribution in [0.4, 0.5) is 13.2 Å². The van der Waals surface area contributed by atoms with E-state index in [9.17, 15) is 21.6 Å². The summed E-state index contributed by atoms with van der Waals surface area (Å²) in [7, 11) is -3.32. The molecular formula is C12H11F3O2S. The van der Waals surface area contributed by atoms with Gasteiger partial charge in [-0.3, -0.25) is 0 Å². The molecule has 1 atom stereocenters. The molecule has 0 N–H and O–H groups in total. The molecule has 0 spiro atoms. The number of sulfone groups is 1. The van der Waals surface area contributed by atoms with Gasteiger partial charge in [0, 0.05) is 12.7 Å². The third kappa shape index (κ3) is 2.43. The first-order valence-corrected chi connectivity index (χ1v) is 7.13. The van der Waals surface area contributed by atoms with Crippen molar-refractivity contribution in [1.29, 1.82) is 0 Å². The monoisotopic (exact) mass is 276 g/mol. The highest BCUT2D eigenvalue weighted by molar-refractivity contribution is 7.90. The lowest BCUT2D eigenvalue weighted by Gasteiger charge is -2.08. The summed E-state index contributed by atoms with van der Waals surface area (Å²) in [5.41, 5.74) is 0.620. The number of allylic oxidation sites excluding steroid dienone is 2. The minimum atomic E-state index is -3.44. The highest BCUT2D eigenvalue weighted by atomic mass is 32.2. The van der Waals surface area contributed by atoms with Crippen molar-refractivity contribution in [2.75, 3.05) is 6.26 Å². The molecule has 98 valence electrons. The van der Waals surface area contributed by atoms with Crippen molar-refractivity contribution >= 4 is 15.4 Å². The molecule has 0 saturated heterocycles. The van der Waals surface area contributed by atoms with Crippen LogP contribution in [-0.2, 0) is 9.84 Å². The van der Waals surface area contributed by atoms with Crippen molar-refractivity contribution in [3.8, 4) is 0 Å². The van der Waals surface area contributed by atoms with Crippen LogP contribution >= 0.6 is 0 Å². The Kier molecular flexibility index (Phi) is 3.01. The summed E-state index contributed by atoms with van der Waals surface area (Å²) in [4.78, 5) is 0.105. The molecule has 0 aromatic heterocycles. The first kappa shape index (κ1) is 13.1. The van der Waals surface area contributed by atoms with Crippen molar-refractivity contribution in [3.63, 3.8) is 0 Å². The molecule has 2 nitrogen and oxygen atoms in total. The lowest BCUT2D eigenvalue weighted by atomic mass is 10.1. The van der Waals surface area contributed by atoms with Crippen molar-refractivity contribution in [2.24, 2.45) is 0 Å². The first-order chi connectivity index (χ1) is 8.20. The van der Waals surface area contributed by atoms with Gasteiger partial charge in [0.25, 0.3) is 5.92 Å². The standard InChI is InChI=1S/C12H11F3O2S/c1-18(16,17)10-4-2-8(3-5-10)9-6-11(13)12(14,15)7-9/h2-5,7,11H,6H2,1H3. The van der Waals surface area contributed by atoms with E-state index in [1.54, 1.807) is 0 Å². The molecule has 1 aromatic rings. The molecule has 18 heavy (non-hydrogen) atoms. The van der Waals surface area contributed by atoms with Gasteiger partial charge in [0.05, 0.1) is 4.90 Å². The summed E-state index contributed by atoms with van der Waals surface area (Å²) in [5, 5.41) is 0. The summed E-state index contributed by atoms with van der Waals surface area (Å²) in [6, 6.07) is 5.48. The largest absolute Gasteiger partial charge is 0.297 e. The molecule has 6 heteroatoms. The van der Waals surface area contributed by atoms with Crippen molar-refractivity contribution in [2.45, 2.75) is 23.4 Å². The van der Waals surface area contributed by atoms with Crippen molar-refractivity contribution in [1.82, 2.24) is 0 Å². The smallest absolute Gasteiger partial charge is 0.240 e. The van der Waals surface area contributed by atoms with Crippen molar-refractivity contribution in [3.05, 3.63) is 35.9 Å². The fourth-order valence-electron chi connectivity index (χ4n) is 1.83. The second-order valence-electron chi connectivity index (χ2n) is 4.31. The van der Waals surface area contributed by atoms with Gasteiger partial charge in [-0.1, -0.05) is 12.1 Å². The van der Waals surface area contributed by atoms with Crippen LogP contribution in [0.15, 0.2) is 35.2 Å². The van der Waals surface area contributed by atoms with E-state index in [4.69, 9.17) is 0 Å². The second kappa shape index (κ2) is 4.12. The van der Waals surface area contributed by atoms with Gasteiger partial charge < -0.3 is 0 Å². The molecule has 0 fully saturated rings. The van der Waals surface area contributed by atoms with Crippen LogP contribution in [0, 0.1) is 0 Å². The van der Waals surface area contributed by atoms with E-state index in [0.717, 1.165) is 6.26 Å². The van der Waals surface area contributed by atoms with Gasteiger partial charge in [-0.2, -0.15) is 8.78 Å². The van der Waals surface area contributed by atoms with E-state index in [1.165, 1.54) is 24.3 Å². The number of alkyl halides is 3. The van der Waals surface area contributed by atoms with E-state index in [0.29, 0.717) is 11.6 Å². The van der Waals surface area contributed by atoms with Gasteiger partial charge in [-0.25, -0.2) is 12.8 Å². The van der Waals surface area contributed by atoms with Gasteiger partial charge in [-0.05, 0) is 29.3 Å². The Morgan fingerprint density at radius 3 is 2.17 bits per heavy atom. The molecule has 0 radical (unpaired) electrons. The molecule has 0 heterocycles. The number of rotatable bonds is 2. The molecule has 1 aromatic carbocycles. The number of hydrogen-bond acceptors (Lipinski definition) is 2. The normalized spacial score (nSPS) is 22.9. The average molecular weight is 276 g/mol. The summed E-state index contributed by atoms with van der Waals surface area (Å²) in [5.74, 6) is -3.44. The quantitative estimate of drug-likeness (QED) is 0.832. The predicted molar refractivity (Wildman–Crippen MR) is 62.0 cm³/mol. The Bertz CT molecular complexity index is 588. The summed E-state index contributed by atoms with van der Waals surface area (Å²) in [6.07, 6.45) is -0.900. The molecule has 1 aliphatic rings. The molecular weight excluding hydrogens is 265 g/mol. The summed E-state index contributed by atoms with van der Waals surface area (Å²) < 4.78 is 61.4. The van der Waals surface area contributed by atoms with Crippen LogP contribution in [0.1, 0.15) is 12.0 Å². The van der Waals surface area contributed by atoms with E-state index in [1.807, 2.05) is 0 Å². The second-order valence-corrected chi connectivity index (χ2v) is 6.33. The highest BCUT2D eigenvalue weighted by Crippen LogP contribution is 2.40. The van der Waals surface area contributed by atoms with Gasteiger partial charge in [0.1, 0.15) is 0 Å². The molecule has 1 aliphatic carbocycles. The Hall–Kier alpha value is -1.30. The Balaban J connectivity index is 2.33. The van der Waals surface area contributed by atoms with Gasteiger partial charge in [-0.15, -0.1) is 0 Å². The molecule has 0 saturated carbocycles. The van der Waals surface area contributed by atoms with Crippen LogP contribution < -0.4 is 0 Å². The minimum absolute atomic E-state index is 0.105. The first-order valence-electron chi connectivity index (χ1n) is 5.24. The van der Waals surface area contributed by atoms with E-state index >= 15 is 0 Å². The SMILES string of the molecule is CS(=O)(=O)c1ccc(C2=CC(F)(F)C(F)C2)cc1.